The van der Waals surface area contributed by atoms with Crippen LogP contribution >= 0.6 is 11.6 Å². The maximum Gasteiger partial charge on any atom is 0.234 e. The zero-order chi connectivity index (χ0) is 23.3. The van der Waals surface area contributed by atoms with Gasteiger partial charge in [0, 0.05) is 38.9 Å². The van der Waals surface area contributed by atoms with Gasteiger partial charge in [-0.3, -0.25) is 20.4 Å². The molecule has 6 N–H and O–H groups in total. The number of alkyl halides is 1. The summed E-state index contributed by atoms with van der Waals surface area (Å²) in [5, 5.41) is 22.7. The largest absolute Gasteiger partial charge is 0.388 e. The lowest BCUT2D eigenvalue weighted by molar-refractivity contribution is -0.121. The van der Waals surface area contributed by atoms with Crippen LogP contribution in [-0.4, -0.2) is 91.0 Å². The molecule has 0 aliphatic carbocycles. The van der Waals surface area contributed by atoms with E-state index < -0.39 is 29.8 Å². The number of aromatic nitrogens is 1. The third kappa shape index (κ3) is 6.12. The van der Waals surface area contributed by atoms with Crippen LogP contribution in [0.3, 0.4) is 0 Å². The number of anilines is 2. The van der Waals surface area contributed by atoms with Crippen LogP contribution in [0.4, 0.5) is 11.4 Å². The number of likely N-dealkylation sites (N-methyl/N-ethyl adjacent to an activating group) is 1. The Morgan fingerprint density at radius 1 is 1.44 bits per heavy atom. The number of piperidine rings is 1. The van der Waals surface area contributed by atoms with Crippen molar-refractivity contribution in [3.8, 4) is 0 Å². The molecule has 0 bridgehead atoms. The molecule has 1 aromatic rings. The zero-order valence-electron chi connectivity index (χ0n) is 18.5. The van der Waals surface area contributed by atoms with E-state index in [1.165, 1.54) is 0 Å². The number of carbonyl (C=O) groups is 1. The molecule has 0 radical (unpaired) electrons. The predicted molar refractivity (Wildman–Crippen MR) is 125 cm³/mol. The molecule has 3 heterocycles. The lowest BCUT2D eigenvalue weighted by Crippen LogP contribution is -2.62. The molecule has 0 saturated carbocycles. The topological polar surface area (TPSA) is 148 Å². The number of nitrogens with two attached hydrogens (primary N) is 1. The average molecular weight is 469 g/mol. The summed E-state index contributed by atoms with van der Waals surface area (Å²) in [6.45, 7) is 2.84. The van der Waals surface area contributed by atoms with Gasteiger partial charge in [0.05, 0.1) is 34.7 Å². The molecule has 12 heteroatoms. The van der Waals surface area contributed by atoms with E-state index in [1.54, 1.807) is 12.4 Å². The molecule has 1 aromatic heterocycles. The smallest absolute Gasteiger partial charge is 0.234 e. The number of nitrogens with one attached hydrogen (secondary N) is 3. The molecule has 1 amide bonds. The van der Waals surface area contributed by atoms with Crippen molar-refractivity contribution in [3.05, 3.63) is 23.4 Å². The number of hydrogen-bond acceptors (Lipinski definition) is 10. The Bertz CT molecular complexity index is 782. The fourth-order valence-corrected chi connectivity index (χ4v) is 4.54. The lowest BCUT2D eigenvalue weighted by atomic mass is 9.90. The molecule has 2 atom stereocenters. The molecule has 3 rings (SSSR count). The molecular weight excluding hydrogens is 436 g/mol. The van der Waals surface area contributed by atoms with Crippen LogP contribution in [0.15, 0.2) is 23.6 Å². The van der Waals surface area contributed by atoms with Gasteiger partial charge in [0.25, 0.3) is 0 Å². The van der Waals surface area contributed by atoms with Gasteiger partial charge in [0.15, 0.2) is 6.17 Å². The maximum absolute atomic E-state index is 13.2. The van der Waals surface area contributed by atoms with E-state index in [4.69, 9.17) is 17.3 Å². The standard InChI is InChI=1S/C20H33ClN8O3/c1-28(2)12-20(31)4-7-29(8-5-20)15-3-6-23-11-14(15)26-19(30)16(17(22)27-32)18-24-9-13(21)10-25-18/h3,6,11,13,16-18,24-25,31H,4-5,7-10,12,22H2,1-2H3,(H,26,30). The van der Waals surface area contributed by atoms with Gasteiger partial charge in [-0.2, -0.15) is 0 Å². The molecule has 2 aliphatic heterocycles. The fourth-order valence-electron chi connectivity index (χ4n) is 4.36. The first-order valence-corrected chi connectivity index (χ1v) is 11.2. The molecular formula is C20H33ClN8O3. The van der Waals surface area contributed by atoms with Crippen LogP contribution in [0, 0.1) is 10.8 Å². The Morgan fingerprint density at radius 2 is 2.09 bits per heavy atom. The number of halogens is 1. The van der Waals surface area contributed by atoms with E-state index in [1.807, 2.05) is 25.1 Å². The SMILES string of the molecule is CN(C)CC1(O)CCN(c2ccncc2NC(=O)C(C(N)N=O)C2NCC(Cl)CN2)CC1. The Hall–Kier alpha value is -1.89. The summed E-state index contributed by atoms with van der Waals surface area (Å²) < 4.78 is 0. The van der Waals surface area contributed by atoms with Crippen molar-refractivity contribution >= 4 is 28.9 Å². The minimum Gasteiger partial charge on any atom is -0.388 e. The first kappa shape index (κ1) is 24.7. The van der Waals surface area contributed by atoms with E-state index in [9.17, 15) is 14.8 Å². The Labute approximate surface area is 193 Å². The van der Waals surface area contributed by atoms with Crippen molar-refractivity contribution in [2.24, 2.45) is 16.8 Å². The first-order valence-electron chi connectivity index (χ1n) is 10.8. The molecule has 0 spiro atoms. The van der Waals surface area contributed by atoms with Gasteiger partial charge in [-0.15, -0.1) is 16.5 Å². The van der Waals surface area contributed by atoms with Crippen molar-refractivity contribution in [3.63, 3.8) is 0 Å². The third-order valence-electron chi connectivity index (χ3n) is 5.97. The van der Waals surface area contributed by atoms with E-state index in [0.717, 1.165) is 5.69 Å². The fraction of sp³-hybridized carbons (Fsp3) is 0.700. The number of carbonyl (C=O) groups excluding carboxylic acids is 1. The summed E-state index contributed by atoms with van der Waals surface area (Å²) in [6, 6.07) is 1.83. The van der Waals surface area contributed by atoms with Crippen molar-refractivity contribution in [1.29, 1.82) is 0 Å². The van der Waals surface area contributed by atoms with E-state index >= 15 is 0 Å². The normalized spacial score (nSPS) is 25.2. The van der Waals surface area contributed by atoms with Gasteiger partial charge in [-0.25, -0.2) is 0 Å². The number of rotatable bonds is 8. The summed E-state index contributed by atoms with van der Waals surface area (Å²) in [7, 11) is 3.89. The van der Waals surface area contributed by atoms with Crippen molar-refractivity contribution in [2.45, 2.75) is 36.2 Å². The van der Waals surface area contributed by atoms with Gasteiger partial charge in [-0.05, 0) is 33.0 Å². The monoisotopic (exact) mass is 468 g/mol. The van der Waals surface area contributed by atoms with Crippen LogP contribution in [-0.2, 0) is 4.79 Å². The first-order chi connectivity index (χ1) is 15.2. The van der Waals surface area contributed by atoms with Crippen LogP contribution in [0.25, 0.3) is 0 Å². The van der Waals surface area contributed by atoms with E-state index in [0.29, 0.717) is 51.3 Å². The highest BCUT2D eigenvalue weighted by atomic mass is 35.5. The highest BCUT2D eigenvalue weighted by Crippen LogP contribution is 2.31. The van der Waals surface area contributed by atoms with Crippen molar-refractivity contribution in [2.75, 3.05) is 57.0 Å². The Morgan fingerprint density at radius 3 is 2.69 bits per heavy atom. The molecule has 2 aliphatic rings. The maximum atomic E-state index is 13.2. The Kier molecular flexibility index (Phi) is 8.37. The zero-order valence-corrected chi connectivity index (χ0v) is 19.3. The van der Waals surface area contributed by atoms with Crippen molar-refractivity contribution < 1.29 is 9.90 Å². The number of hydrogen-bond donors (Lipinski definition) is 5. The second kappa shape index (κ2) is 10.8. The van der Waals surface area contributed by atoms with Gasteiger partial charge in [-0.1, -0.05) is 5.18 Å². The number of amides is 1. The number of aliphatic hydroxyl groups is 1. The molecule has 2 fully saturated rings. The van der Waals surface area contributed by atoms with Gasteiger partial charge in [0.1, 0.15) is 5.92 Å². The Balaban J connectivity index is 1.72. The number of nitrogens with zero attached hydrogens (tertiary/aromatic N) is 4. The van der Waals surface area contributed by atoms with E-state index in [-0.39, 0.29) is 5.38 Å². The second-order valence-electron chi connectivity index (χ2n) is 8.84. The number of nitroso groups, excluding NO2 is 1. The quantitative estimate of drug-likeness (QED) is 0.256. The summed E-state index contributed by atoms with van der Waals surface area (Å²) >= 11 is 6.09. The third-order valence-corrected chi connectivity index (χ3v) is 6.28. The van der Waals surface area contributed by atoms with Crippen LogP contribution in [0.2, 0.25) is 0 Å². The van der Waals surface area contributed by atoms with Gasteiger partial charge >= 0.3 is 0 Å². The molecule has 32 heavy (non-hydrogen) atoms. The minimum absolute atomic E-state index is 0.120. The number of pyridine rings is 1. The summed E-state index contributed by atoms with van der Waals surface area (Å²) in [4.78, 5) is 32.6. The van der Waals surface area contributed by atoms with Gasteiger partial charge in [0.2, 0.25) is 5.91 Å². The molecule has 0 aromatic carbocycles. The van der Waals surface area contributed by atoms with Crippen LogP contribution in [0.1, 0.15) is 12.8 Å². The molecule has 11 nitrogen and oxygen atoms in total. The van der Waals surface area contributed by atoms with Crippen LogP contribution < -0.4 is 26.6 Å². The highest BCUT2D eigenvalue weighted by molar-refractivity contribution is 6.21. The highest BCUT2D eigenvalue weighted by Gasteiger charge is 2.38. The van der Waals surface area contributed by atoms with Gasteiger partial charge < -0.3 is 26.0 Å². The summed E-state index contributed by atoms with van der Waals surface area (Å²) in [5.41, 5.74) is 6.46. The molecule has 2 saturated heterocycles. The molecule has 178 valence electrons. The minimum atomic E-state index is -1.23. The second-order valence-corrected chi connectivity index (χ2v) is 9.46. The predicted octanol–water partition coefficient (Wildman–Crippen LogP) is -0.293. The summed E-state index contributed by atoms with van der Waals surface area (Å²) in [5.74, 6) is -1.37. The lowest BCUT2D eigenvalue weighted by Gasteiger charge is -2.41. The van der Waals surface area contributed by atoms with Crippen LogP contribution in [0.5, 0.6) is 0 Å². The van der Waals surface area contributed by atoms with E-state index in [2.05, 4.69) is 31.0 Å². The summed E-state index contributed by atoms with van der Waals surface area (Å²) in [6.07, 6.45) is 2.68. The molecule has 2 unspecified atom stereocenters. The average Bonchev–Trinajstić information content (AvgIpc) is 2.75. The van der Waals surface area contributed by atoms with Crippen molar-refractivity contribution in [1.82, 2.24) is 20.5 Å².